The fourth-order valence-corrected chi connectivity index (χ4v) is 4.53. The molecule has 182 valence electrons. The molecule has 0 saturated carbocycles. The number of rotatable bonds is 5. The minimum absolute atomic E-state index is 0.0197. The van der Waals surface area contributed by atoms with Crippen LogP contribution in [0.15, 0.2) is 48.9 Å². The van der Waals surface area contributed by atoms with Gasteiger partial charge in [0.2, 0.25) is 0 Å². The zero-order valence-corrected chi connectivity index (χ0v) is 18.9. The Kier molecular flexibility index (Phi) is 6.10. The molecule has 1 fully saturated rings. The highest BCUT2D eigenvalue weighted by molar-refractivity contribution is 5.99. The van der Waals surface area contributed by atoms with Crippen molar-refractivity contribution in [2.24, 2.45) is 7.05 Å². The molecule has 0 unspecified atom stereocenters. The molecule has 0 radical (unpaired) electrons. The van der Waals surface area contributed by atoms with E-state index in [2.05, 4.69) is 30.5 Å². The molecule has 1 aliphatic rings. The Morgan fingerprint density at radius 3 is 2.54 bits per heavy atom. The van der Waals surface area contributed by atoms with Crippen molar-refractivity contribution in [2.75, 3.05) is 18.0 Å². The van der Waals surface area contributed by atoms with Crippen molar-refractivity contribution in [3.05, 3.63) is 65.9 Å². The molecular formula is C24H23F4N7. The molecule has 1 N–H and O–H groups in total. The molecule has 0 atom stereocenters. The van der Waals surface area contributed by atoms with E-state index >= 15 is 0 Å². The van der Waals surface area contributed by atoms with Crippen LogP contribution >= 0.6 is 0 Å². The number of aryl methyl sites for hydroxylation is 1. The summed E-state index contributed by atoms with van der Waals surface area (Å²) in [5, 5.41) is 18.2. The van der Waals surface area contributed by atoms with Crippen molar-refractivity contribution in [1.29, 1.82) is 0 Å². The number of alkyl halides is 3. The van der Waals surface area contributed by atoms with Gasteiger partial charge in [0.15, 0.2) is 5.82 Å². The average Bonchev–Trinajstić information content (AvgIpc) is 3.28. The number of nitrogens with zero attached hydrogens (tertiary/aromatic N) is 6. The van der Waals surface area contributed by atoms with E-state index in [1.165, 1.54) is 6.07 Å². The predicted molar refractivity (Wildman–Crippen MR) is 123 cm³/mol. The van der Waals surface area contributed by atoms with Gasteiger partial charge in [-0.1, -0.05) is 6.07 Å². The molecule has 0 amide bonds. The zero-order valence-electron chi connectivity index (χ0n) is 18.9. The standard InChI is InChI=1S/C24H23F4N7/c1-34-21(5-9-31-34)22-18-4-8-29-14-19(18)23(33-32-22)35-10-6-17(7-11-35)30-13-15-2-3-16(25)12-20(15)24(26,27)28/h2-5,8-9,12,14,17,30H,6-7,10-11,13H2,1H3. The molecule has 0 spiro atoms. The van der Waals surface area contributed by atoms with E-state index in [1.54, 1.807) is 23.3 Å². The van der Waals surface area contributed by atoms with Crippen molar-refractivity contribution >= 4 is 16.6 Å². The molecule has 1 aliphatic heterocycles. The summed E-state index contributed by atoms with van der Waals surface area (Å²) in [6.07, 6.45) is 2.04. The van der Waals surface area contributed by atoms with Crippen LogP contribution in [0.1, 0.15) is 24.0 Å². The van der Waals surface area contributed by atoms with Crippen molar-refractivity contribution in [2.45, 2.75) is 31.6 Å². The number of piperidine rings is 1. The second-order valence-electron chi connectivity index (χ2n) is 8.57. The second-order valence-corrected chi connectivity index (χ2v) is 8.57. The SMILES string of the molecule is Cn1nccc1-c1nnc(N2CCC(NCc3ccc(F)cc3C(F)(F)F)CC2)c2cnccc12. The molecule has 35 heavy (non-hydrogen) atoms. The minimum atomic E-state index is -4.60. The Morgan fingerprint density at radius 1 is 1.03 bits per heavy atom. The first-order valence-electron chi connectivity index (χ1n) is 11.2. The van der Waals surface area contributed by atoms with Crippen LogP contribution in [0, 0.1) is 5.82 Å². The number of pyridine rings is 1. The van der Waals surface area contributed by atoms with E-state index in [0.717, 1.165) is 46.9 Å². The Balaban J connectivity index is 1.30. The first-order valence-corrected chi connectivity index (χ1v) is 11.2. The van der Waals surface area contributed by atoms with Gasteiger partial charge in [-0.25, -0.2) is 4.39 Å². The lowest BCUT2D eigenvalue weighted by atomic mass is 10.0. The Bertz CT molecular complexity index is 1340. The third-order valence-corrected chi connectivity index (χ3v) is 6.38. The summed E-state index contributed by atoms with van der Waals surface area (Å²) in [5.74, 6) is -0.165. The number of hydrogen-bond acceptors (Lipinski definition) is 6. The number of hydrogen-bond donors (Lipinski definition) is 1. The lowest BCUT2D eigenvalue weighted by Crippen LogP contribution is -2.43. The van der Waals surface area contributed by atoms with E-state index in [0.29, 0.717) is 19.2 Å². The normalized spacial score (nSPS) is 15.2. The number of anilines is 1. The van der Waals surface area contributed by atoms with Crippen LogP contribution in [0.25, 0.3) is 22.2 Å². The highest BCUT2D eigenvalue weighted by Gasteiger charge is 2.34. The Hall–Kier alpha value is -3.60. The first-order chi connectivity index (χ1) is 16.8. The monoisotopic (exact) mass is 485 g/mol. The van der Waals surface area contributed by atoms with Gasteiger partial charge in [0.25, 0.3) is 0 Å². The van der Waals surface area contributed by atoms with Crippen molar-refractivity contribution in [1.82, 2.24) is 30.3 Å². The maximum atomic E-state index is 13.4. The number of halogens is 4. The first kappa shape index (κ1) is 23.2. The summed E-state index contributed by atoms with van der Waals surface area (Å²) in [4.78, 5) is 6.40. The second kappa shape index (κ2) is 9.21. The fourth-order valence-electron chi connectivity index (χ4n) is 4.53. The van der Waals surface area contributed by atoms with Crippen molar-refractivity contribution in [3.63, 3.8) is 0 Å². The summed E-state index contributed by atoms with van der Waals surface area (Å²) >= 11 is 0. The number of aromatic nitrogens is 5. The number of benzene rings is 1. The maximum Gasteiger partial charge on any atom is 0.416 e. The largest absolute Gasteiger partial charge is 0.416 e. The lowest BCUT2D eigenvalue weighted by molar-refractivity contribution is -0.138. The van der Waals surface area contributed by atoms with Gasteiger partial charge in [-0.2, -0.15) is 18.3 Å². The van der Waals surface area contributed by atoms with E-state index in [4.69, 9.17) is 0 Å². The predicted octanol–water partition coefficient (Wildman–Crippen LogP) is 4.34. The smallest absolute Gasteiger partial charge is 0.354 e. The van der Waals surface area contributed by atoms with Crippen molar-refractivity contribution < 1.29 is 17.6 Å². The molecule has 4 aromatic rings. The van der Waals surface area contributed by atoms with Crippen LogP contribution in [0.3, 0.4) is 0 Å². The maximum absolute atomic E-state index is 13.4. The third kappa shape index (κ3) is 4.68. The fraction of sp³-hybridized carbons (Fsp3) is 0.333. The van der Waals surface area contributed by atoms with Gasteiger partial charge in [-0.05, 0) is 42.7 Å². The molecule has 7 nitrogen and oxygen atoms in total. The van der Waals surface area contributed by atoms with E-state index < -0.39 is 17.6 Å². The Labute approximate surface area is 198 Å². The average molecular weight is 485 g/mol. The molecule has 4 heterocycles. The van der Waals surface area contributed by atoms with Crippen LogP contribution in [0.4, 0.5) is 23.4 Å². The van der Waals surface area contributed by atoms with Crippen LogP contribution in [-0.4, -0.2) is 44.1 Å². The molecule has 11 heteroatoms. The lowest BCUT2D eigenvalue weighted by Gasteiger charge is -2.33. The quantitative estimate of drug-likeness (QED) is 0.424. The molecule has 3 aromatic heterocycles. The van der Waals surface area contributed by atoms with E-state index in [-0.39, 0.29) is 18.2 Å². The summed E-state index contributed by atoms with van der Waals surface area (Å²) in [6, 6.07) is 6.62. The van der Waals surface area contributed by atoms with Gasteiger partial charge in [-0.15, -0.1) is 10.2 Å². The van der Waals surface area contributed by atoms with Gasteiger partial charge in [0.1, 0.15) is 11.5 Å². The molecule has 1 saturated heterocycles. The Morgan fingerprint density at radius 2 is 1.83 bits per heavy atom. The molecule has 1 aromatic carbocycles. The zero-order chi connectivity index (χ0) is 24.6. The van der Waals surface area contributed by atoms with E-state index in [9.17, 15) is 17.6 Å². The highest BCUT2D eigenvalue weighted by Crippen LogP contribution is 2.34. The third-order valence-electron chi connectivity index (χ3n) is 6.38. The summed E-state index contributed by atoms with van der Waals surface area (Å²) in [7, 11) is 1.85. The summed E-state index contributed by atoms with van der Waals surface area (Å²) < 4.78 is 54.9. The number of nitrogens with one attached hydrogen (secondary N) is 1. The number of fused-ring (bicyclic) bond motifs is 1. The van der Waals surface area contributed by atoms with Gasteiger partial charge in [-0.3, -0.25) is 9.67 Å². The van der Waals surface area contributed by atoms with Gasteiger partial charge < -0.3 is 10.2 Å². The molecular weight excluding hydrogens is 462 g/mol. The van der Waals surface area contributed by atoms with Gasteiger partial charge >= 0.3 is 6.18 Å². The summed E-state index contributed by atoms with van der Waals surface area (Å²) in [6.45, 7) is 1.35. The molecule has 5 rings (SSSR count). The van der Waals surface area contributed by atoms with Gasteiger partial charge in [0.05, 0.1) is 11.3 Å². The van der Waals surface area contributed by atoms with Crippen LogP contribution in [-0.2, 0) is 19.8 Å². The highest BCUT2D eigenvalue weighted by atomic mass is 19.4. The topological polar surface area (TPSA) is 71.8 Å². The summed E-state index contributed by atoms with van der Waals surface area (Å²) in [5.41, 5.74) is 0.671. The van der Waals surface area contributed by atoms with Crippen LogP contribution in [0.2, 0.25) is 0 Å². The van der Waals surface area contributed by atoms with Gasteiger partial charge in [0, 0.05) is 62.1 Å². The van der Waals surface area contributed by atoms with Crippen LogP contribution in [0.5, 0.6) is 0 Å². The van der Waals surface area contributed by atoms with E-state index in [1.807, 2.05) is 19.2 Å². The minimum Gasteiger partial charge on any atom is -0.354 e. The molecule has 0 bridgehead atoms. The van der Waals surface area contributed by atoms with Crippen LogP contribution < -0.4 is 10.2 Å². The van der Waals surface area contributed by atoms with Crippen molar-refractivity contribution in [3.8, 4) is 11.4 Å². The molecule has 0 aliphatic carbocycles.